The van der Waals surface area contributed by atoms with Crippen LogP contribution in [-0.4, -0.2) is 18.2 Å². The highest BCUT2D eigenvalue weighted by Crippen LogP contribution is 2.42. The summed E-state index contributed by atoms with van der Waals surface area (Å²) in [5, 5.41) is 0. The van der Waals surface area contributed by atoms with E-state index < -0.39 is 11.5 Å². The van der Waals surface area contributed by atoms with Gasteiger partial charge in [0.1, 0.15) is 11.6 Å². The summed E-state index contributed by atoms with van der Waals surface area (Å²) in [5.41, 5.74) is 10.0. The number of amidine groups is 1. The second-order valence-electron chi connectivity index (χ2n) is 7.70. The van der Waals surface area contributed by atoms with Crippen LogP contribution < -0.4 is 10.5 Å². The van der Waals surface area contributed by atoms with Crippen LogP contribution in [0.1, 0.15) is 23.6 Å². The molecule has 4 heteroatoms. The Morgan fingerprint density at radius 1 is 0.966 bits per heavy atom. The van der Waals surface area contributed by atoms with Crippen molar-refractivity contribution in [2.24, 2.45) is 16.6 Å². The fourth-order valence-electron chi connectivity index (χ4n) is 4.32. The predicted molar refractivity (Wildman–Crippen MR) is 114 cm³/mol. The largest absolute Gasteiger partial charge is 0.493 e. The van der Waals surface area contributed by atoms with Gasteiger partial charge in [0, 0.05) is 6.42 Å². The maximum Gasteiger partial charge on any atom is 0.179 e. The first-order valence-corrected chi connectivity index (χ1v) is 9.91. The number of benzene rings is 3. The van der Waals surface area contributed by atoms with Gasteiger partial charge in [0.25, 0.3) is 0 Å². The molecule has 0 aromatic heterocycles. The van der Waals surface area contributed by atoms with E-state index in [2.05, 4.69) is 30.3 Å². The summed E-state index contributed by atoms with van der Waals surface area (Å²) >= 11 is 0. The third kappa shape index (κ3) is 2.67. The van der Waals surface area contributed by atoms with E-state index in [0.29, 0.717) is 5.84 Å². The van der Waals surface area contributed by atoms with Crippen LogP contribution >= 0.6 is 0 Å². The summed E-state index contributed by atoms with van der Waals surface area (Å²) in [4.78, 5) is 18.2. The minimum atomic E-state index is -1.10. The number of fused-ring (bicyclic) bond motifs is 1. The van der Waals surface area contributed by atoms with Crippen LogP contribution in [0, 0.1) is 5.92 Å². The molecule has 0 spiro atoms. The molecule has 2 atom stereocenters. The molecule has 0 saturated carbocycles. The highest BCUT2D eigenvalue weighted by atomic mass is 16.5. The minimum absolute atomic E-state index is 0.00985. The number of rotatable bonds is 3. The molecule has 0 bridgehead atoms. The first-order chi connectivity index (χ1) is 14.1. The molecule has 3 aromatic rings. The fourth-order valence-corrected chi connectivity index (χ4v) is 4.32. The number of carbonyl (C=O) groups excluding carboxylic acids is 1. The fraction of sp³-hybridized carbons (Fsp3) is 0.200. The Labute approximate surface area is 170 Å². The van der Waals surface area contributed by atoms with Crippen molar-refractivity contribution in [3.05, 3.63) is 89.5 Å². The molecule has 5 rings (SSSR count). The van der Waals surface area contributed by atoms with Gasteiger partial charge in [-0.05, 0) is 46.9 Å². The van der Waals surface area contributed by atoms with Gasteiger partial charge in [-0.15, -0.1) is 0 Å². The molecule has 2 N–H and O–H groups in total. The molecular formula is C25H22N2O2. The molecule has 2 unspecified atom stereocenters. The Morgan fingerprint density at radius 2 is 1.72 bits per heavy atom. The van der Waals surface area contributed by atoms with Gasteiger partial charge < -0.3 is 10.5 Å². The van der Waals surface area contributed by atoms with Crippen LogP contribution in [0.4, 0.5) is 0 Å². The molecule has 0 aliphatic carbocycles. The van der Waals surface area contributed by atoms with Gasteiger partial charge in [0.05, 0.1) is 12.5 Å². The molecular weight excluding hydrogens is 360 g/mol. The Morgan fingerprint density at radius 3 is 2.48 bits per heavy atom. The quantitative estimate of drug-likeness (QED) is 0.741. The van der Waals surface area contributed by atoms with Crippen molar-refractivity contribution in [1.29, 1.82) is 0 Å². The van der Waals surface area contributed by atoms with Crippen LogP contribution in [-0.2, 0) is 16.8 Å². The van der Waals surface area contributed by atoms with Crippen LogP contribution in [0.3, 0.4) is 0 Å². The van der Waals surface area contributed by atoms with E-state index in [4.69, 9.17) is 15.5 Å². The summed E-state index contributed by atoms with van der Waals surface area (Å²) < 4.78 is 5.73. The zero-order chi connectivity index (χ0) is 20.0. The zero-order valence-electron chi connectivity index (χ0n) is 16.3. The van der Waals surface area contributed by atoms with Gasteiger partial charge in [-0.25, -0.2) is 4.99 Å². The van der Waals surface area contributed by atoms with Crippen molar-refractivity contribution in [2.75, 3.05) is 6.61 Å². The number of nitrogens with zero attached hydrogens (tertiary/aromatic N) is 1. The van der Waals surface area contributed by atoms with E-state index >= 15 is 0 Å². The van der Waals surface area contributed by atoms with Crippen molar-refractivity contribution in [3.8, 4) is 16.9 Å². The lowest BCUT2D eigenvalue weighted by molar-refractivity contribution is -0.123. The molecule has 2 aliphatic rings. The molecule has 0 saturated heterocycles. The van der Waals surface area contributed by atoms with Gasteiger partial charge in [0.2, 0.25) is 0 Å². The average molecular weight is 382 g/mol. The number of hydrogen-bond donors (Lipinski definition) is 1. The summed E-state index contributed by atoms with van der Waals surface area (Å²) in [7, 11) is 0. The van der Waals surface area contributed by atoms with E-state index in [0.717, 1.165) is 41.0 Å². The van der Waals surface area contributed by atoms with E-state index in [-0.39, 0.29) is 5.78 Å². The van der Waals surface area contributed by atoms with Gasteiger partial charge in [-0.2, -0.15) is 0 Å². The minimum Gasteiger partial charge on any atom is -0.493 e. The second kappa shape index (κ2) is 6.59. The van der Waals surface area contributed by atoms with Crippen molar-refractivity contribution in [3.63, 3.8) is 0 Å². The lowest BCUT2D eigenvalue weighted by atomic mass is 9.77. The van der Waals surface area contributed by atoms with Crippen molar-refractivity contribution in [2.45, 2.75) is 18.9 Å². The van der Waals surface area contributed by atoms with Crippen LogP contribution in [0.2, 0.25) is 0 Å². The molecule has 2 aliphatic heterocycles. The predicted octanol–water partition coefficient (Wildman–Crippen LogP) is 4.11. The Kier molecular flexibility index (Phi) is 4.02. The summed E-state index contributed by atoms with van der Waals surface area (Å²) in [6, 6.07) is 24.0. The zero-order valence-corrected chi connectivity index (χ0v) is 16.3. The highest BCUT2D eigenvalue weighted by Gasteiger charge is 2.49. The molecule has 4 nitrogen and oxygen atoms in total. The van der Waals surface area contributed by atoms with E-state index in [1.165, 1.54) is 5.56 Å². The van der Waals surface area contributed by atoms with Crippen LogP contribution in [0.15, 0.2) is 77.8 Å². The smallest absolute Gasteiger partial charge is 0.179 e. The maximum atomic E-state index is 13.4. The topological polar surface area (TPSA) is 64.7 Å². The number of Topliss-reactive ketones (excluding diaryl/α,β-unsaturated/α-hetero) is 1. The van der Waals surface area contributed by atoms with Gasteiger partial charge in [-0.3, -0.25) is 4.79 Å². The lowest BCUT2D eigenvalue weighted by Gasteiger charge is -2.27. The first-order valence-electron chi connectivity index (χ1n) is 9.91. The van der Waals surface area contributed by atoms with Crippen LogP contribution in [0.5, 0.6) is 5.75 Å². The molecule has 3 aromatic carbocycles. The normalized spacial score (nSPS) is 22.9. The standard InChI is InChI=1S/C25H22N2O2/c1-16-23(28)25(27-24(16)26,20-7-3-2-4-8-20)21-9-5-6-18(14-21)19-11-10-17-12-13-29-22(17)15-19/h2-11,14-16H,12-13H2,1H3,(H2,26,27). The lowest BCUT2D eigenvalue weighted by Crippen LogP contribution is -2.35. The third-order valence-electron chi connectivity index (χ3n) is 5.99. The van der Waals surface area contributed by atoms with Gasteiger partial charge in [-0.1, -0.05) is 60.7 Å². The molecule has 0 radical (unpaired) electrons. The van der Waals surface area contributed by atoms with E-state index in [9.17, 15) is 4.79 Å². The molecule has 2 heterocycles. The molecule has 144 valence electrons. The SMILES string of the molecule is CC1C(=O)C(c2ccccc2)(c2cccc(-c3ccc4c(c3)OCC4)c2)N=C1N. The third-order valence-corrected chi connectivity index (χ3v) is 5.99. The number of nitrogens with two attached hydrogens (primary N) is 1. The summed E-state index contributed by atoms with van der Waals surface area (Å²) in [5.74, 6) is 0.927. The van der Waals surface area contributed by atoms with Crippen molar-refractivity contribution >= 4 is 11.6 Å². The maximum absolute atomic E-state index is 13.4. The summed E-state index contributed by atoms with van der Waals surface area (Å²) in [6.07, 6.45) is 0.952. The molecule has 0 fully saturated rings. The average Bonchev–Trinajstić information content (AvgIpc) is 3.33. The van der Waals surface area contributed by atoms with Crippen molar-refractivity contribution < 1.29 is 9.53 Å². The van der Waals surface area contributed by atoms with E-state index in [1.807, 2.05) is 49.4 Å². The number of ether oxygens (including phenoxy) is 1. The van der Waals surface area contributed by atoms with Gasteiger partial charge >= 0.3 is 0 Å². The highest BCUT2D eigenvalue weighted by molar-refractivity contribution is 6.14. The Balaban J connectivity index is 1.67. The molecule has 29 heavy (non-hydrogen) atoms. The first kappa shape index (κ1) is 17.7. The number of hydrogen-bond acceptors (Lipinski definition) is 4. The number of carbonyl (C=O) groups is 1. The summed E-state index contributed by atoms with van der Waals surface area (Å²) in [6.45, 7) is 2.56. The monoisotopic (exact) mass is 382 g/mol. The van der Waals surface area contributed by atoms with Gasteiger partial charge in [0.15, 0.2) is 11.3 Å². The molecule has 0 amide bonds. The number of ketones is 1. The number of aliphatic imine (C=N–C) groups is 1. The second-order valence-corrected chi connectivity index (χ2v) is 7.70. The van der Waals surface area contributed by atoms with Crippen LogP contribution in [0.25, 0.3) is 11.1 Å². The Bertz CT molecular complexity index is 1140. The van der Waals surface area contributed by atoms with Crippen molar-refractivity contribution in [1.82, 2.24) is 0 Å². The Hall–Kier alpha value is -3.40. The van der Waals surface area contributed by atoms with E-state index in [1.54, 1.807) is 0 Å².